The summed E-state index contributed by atoms with van der Waals surface area (Å²) >= 11 is 0. The van der Waals surface area contributed by atoms with Crippen molar-refractivity contribution in [1.29, 1.82) is 0 Å². The van der Waals surface area contributed by atoms with Gasteiger partial charge in [-0.25, -0.2) is 4.79 Å². The first-order valence-corrected chi connectivity index (χ1v) is 7.28. The largest absolute Gasteiger partial charge is 0.497 e. The molecular formula is C16H25NO3. The van der Waals surface area contributed by atoms with Gasteiger partial charge >= 0.3 is 5.97 Å². The first-order valence-electron chi connectivity index (χ1n) is 7.28. The summed E-state index contributed by atoms with van der Waals surface area (Å²) in [6, 6.07) is 7.28. The highest BCUT2D eigenvalue weighted by Crippen LogP contribution is 2.19. The lowest BCUT2D eigenvalue weighted by molar-refractivity contribution is -0.144. The lowest BCUT2D eigenvalue weighted by Gasteiger charge is -2.18. The molecule has 4 heteroatoms. The van der Waals surface area contributed by atoms with Crippen molar-refractivity contribution in [1.82, 2.24) is 0 Å². The molecule has 1 aromatic rings. The van der Waals surface area contributed by atoms with Crippen molar-refractivity contribution < 1.29 is 14.3 Å². The zero-order valence-corrected chi connectivity index (χ0v) is 12.6. The van der Waals surface area contributed by atoms with E-state index in [-0.39, 0.29) is 12.0 Å². The monoisotopic (exact) mass is 279 g/mol. The van der Waals surface area contributed by atoms with Gasteiger partial charge in [0.05, 0.1) is 13.7 Å². The van der Waals surface area contributed by atoms with Crippen molar-refractivity contribution in [3.63, 3.8) is 0 Å². The molecule has 4 nitrogen and oxygen atoms in total. The van der Waals surface area contributed by atoms with Crippen LogP contribution in [-0.4, -0.2) is 25.7 Å². The maximum atomic E-state index is 12.0. The lowest BCUT2D eigenvalue weighted by Crippen LogP contribution is -2.31. The molecule has 0 aliphatic rings. The summed E-state index contributed by atoms with van der Waals surface area (Å²) in [6.45, 7) is 4.38. The highest BCUT2D eigenvalue weighted by Gasteiger charge is 2.19. The van der Waals surface area contributed by atoms with Gasteiger partial charge in [0.25, 0.3) is 0 Å². The quantitative estimate of drug-likeness (QED) is 0.554. The molecule has 1 N–H and O–H groups in total. The van der Waals surface area contributed by atoms with Crippen LogP contribution in [0.25, 0.3) is 0 Å². The number of rotatable bonds is 9. The van der Waals surface area contributed by atoms with Gasteiger partial charge in [0.15, 0.2) is 0 Å². The average Bonchev–Trinajstić information content (AvgIpc) is 2.47. The summed E-state index contributed by atoms with van der Waals surface area (Å²) in [4.78, 5) is 12.0. The molecule has 112 valence electrons. The van der Waals surface area contributed by atoms with Gasteiger partial charge < -0.3 is 14.8 Å². The Hall–Kier alpha value is -1.71. The average molecular weight is 279 g/mol. The van der Waals surface area contributed by atoms with E-state index in [4.69, 9.17) is 9.47 Å². The van der Waals surface area contributed by atoms with Crippen molar-refractivity contribution in [2.45, 2.75) is 45.6 Å². The Morgan fingerprint density at radius 3 is 2.75 bits per heavy atom. The number of benzene rings is 1. The zero-order chi connectivity index (χ0) is 14.8. The fourth-order valence-electron chi connectivity index (χ4n) is 2.00. The fourth-order valence-corrected chi connectivity index (χ4v) is 2.00. The first kappa shape index (κ1) is 16.3. The van der Waals surface area contributed by atoms with Gasteiger partial charge in [-0.05, 0) is 25.5 Å². The molecule has 0 spiro atoms. The fraction of sp³-hybridized carbons (Fsp3) is 0.562. The lowest BCUT2D eigenvalue weighted by atomic mass is 10.1. The molecule has 0 heterocycles. The molecule has 0 radical (unpaired) electrons. The molecule has 1 unspecified atom stereocenters. The molecule has 0 saturated carbocycles. The molecule has 0 amide bonds. The summed E-state index contributed by atoms with van der Waals surface area (Å²) in [7, 11) is 1.63. The topological polar surface area (TPSA) is 47.6 Å². The van der Waals surface area contributed by atoms with Crippen molar-refractivity contribution in [2.75, 3.05) is 19.0 Å². The minimum atomic E-state index is -0.298. The van der Waals surface area contributed by atoms with E-state index in [0.29, 0.717) is 6.61 Å². The van der Waals surface area contributed by atoms with Crippen LogP contribution in [0.5, 0.6) is 5.75 Å². The third-order valence-electron chi connectivity index (χ3n) is 3.08. The highest BCUT2D eigenvalue weighted by atomic mass is 16.5. The van der Waals surface area contributed by atoms with Crippen LogP contribution in [0.1, 0.15) is 39.5 Å². The maximum Gasteiger partial charge on any atom is 0.328 e. The van der Waals surface area contributed by atoms with Gasteiger partial charge in [0, 0.05) is 11.8 Å². The summed E-state index contributed by atoms with van der Waals surface area (Å²) in [5.74, 6) is 0.581. The van der Waals surface area contributed by atoms with Gasteiger partial charge in [-0.15, -0.1) is 0 Å². The third-order valence-corrected chi connectivity index (χ3v) is 3.08. The number of methoxy groups -OCH3 is 1. The van der Waals surface area contributed by atoms with Crippen LogP contribution >= 0.6 is 0 Å². The number of carbonyl (C=O) groups excluding carboxylic acids is 1. The molecule has 0 fully saturated rings. The highest BCUT2D eigenvalue weighted by molar-refractivity contribution is 5.79. The maximum absolute atomic E-state index is 12.0. The second-order valence-corrected chi connectivity index (χ2v) is 4.68. The van der Waals surface area contributed by atoms with E-state index in [1.54, 1.807) is 7.11 Å². The second kappa shape index (κ2) is 9.23. The minimum Gasteiger partial charge on any atom is -0.497 e. The Kier molecular flexibility index (Phi) is 7.55. The predicted octanol–water partition coefficient (Wildman–Crippen LogP) is 3.62. The summed E-state index contributed by atoms with van der Waals surface area (Å²) in [6.07, 6.45) is 4.05. The van der Waals surface area contributed by atoms with Crippen molar-refractivity contribution in [3.8, 4) is 5.75 Å². The van der Waals surface area contributed by atoms with Gasteiger partial charge in [0.2, 0.25) is 0 Å². The summed E-state index contributed by atoms with van der Waals surface area (Å²) in [5.41, 5.74) is 0.874. The third kappa shape index (κ3) is 5.51. The molecule has 20 heavy (non-hydrogen) atoms. The predicted molar refractivity (Wildman–Crippen MR) is 81.2 cm³/mol. The van der Waals surface area contributed by atoms with E-state index < -0.39 is 0 Å². The number of esters is 1. The summed E-state index contributed by atoms with van der Waals surface area (Å²) in [5, 5.41) is 3.24. The van der Waals surface area contributed by atoms with E-state index in [0.717, 1.165) is 37.1 Å². The molecule has 0 aliphatic carbocycles. The van der Waals surface area contributed by atoms with Crippen molar-refractivity contribution in [3.05, 3.63) is 24.3 Å². The van der Waals surface area contributed by atoms with Crippen molar-refractivity contribution in [2.24, 2.45) is 0 Å². The number of anilines is 1. The standard InChI is InChI=1S/C16H25NO3/c1-4-6-7-11-15(16(18)20-5-2)17-13-9-8-10-14(12-13)19-3/h8-10,12,15,17H,4-7,11H2,1-3H3. The van der Waals surface area contributed by atoms with Gasteiger partial charge in [-0.3, -0.25) is 0 Å². The first-order chi connectivity index (χ1) is 9.71. The van der Waals surface area contributed by atoms with Crippen LogP contribution in [0.2, 0.25) is 0 Å². The van der Waals surface area contributed by atoms with E-state index in [9.17, 15) is 4.79 Å². The molecule has 0 aromatic heterocycles. The van der Waals surface area contributed by atoms with Gasteiger partial charge in [0.1, 0.15) is 11.8 Å². The molecule has 0 aliphatic heterocycles. The number of hydrogen-bond donors (Lipinski definition) is 1. The minimum absolute atomic E-state index is 0.188. The number of carbonyl (C=O) groups is 1. The van der Waals surface area contributed by atoms with Crippen LogP contribution < -0.4 is 10.1 Å². The van der Waals surface area contributed by atoms with Crippen LogP contribution in [0.4, 0.5) is 5.69 Å². The van der Waals surface area contributed by atoms with Crippen LogP contribution in [0.3, 0.4) is 0 Å². The Balaban J connectivity index is 2.68. The Morgan fingerprint density at radius 2 is 2.10 bits per heavy atom. The van der Waals surface area contributed by atoms with Gasteiger partial charge in [-0.2, -0.15) is 0 Å². The van der Waals surface area contributed by atoms with E-state index >= 15 is 0 Å². The van der Waals surface area contributed by atoms with E-state index in [1.807, 2.05) is 31.2 Å². The number of nitrogens with one attached hydrogen (secondary N) is 1. The number of unbranched alkanes of at least 4 members (excludes halogenated alkanes) is 2. The molecule has 1 aromatic carbocycles. The van der Waals surface area contributed by atoms with E-state index in [2.05, 4.69) is 12.2 Å². The molecule has 0 saturated heterocycles. The van der Waals surface area contributed by atoms with Crippen LogP contribution in [0, 0.1) is 0 Å². The smallest absolute Gasteiger partial charge is 0.328 e. The molecule has 0 bridgehead atoms. The number of ether oxygens (including phenoxy) is 2. The summed E-state index contributed by atoms with van der Waals surface area (Å²) < 4.78 is 10.3. The normalized spacial score (nSPS) is 11.8. The number of hydrogen-bond acceptors (Lipinski definition) is 4. The second-order valence-electron chi connectivity index (χ2n) is 4.68. The zero-order valence-electron chi connectivity index (χ0n) is 12.6. The molecule has 1 atom stereocenters. The molecule has 1 rings (SSSR count). The van der Waals surface area contributed by atoms with E-state index in [1.165, 1.54) is 0 Å². The Bertz CT molecular complexity index is 406. The van der Waals surface area contributed by atoms with Crippen LogP contribution in [-0.2, 0) is 9.53 Å². The Morgan fingerprint density at radius 1 is 1.30 bits per heavy atom. The van der Waals surface area contributed by atoms with Crippen molar-refractivity contribution >= 4 is 11.7 Å². The van der Waals surface area contributed by atoms with Gasteiger partial charge in [-0.1, -0.05) is 32.3 Å². The Labute approximate surface area is 121 Å². The SMILES string of the molecule is CCCCCC(Nc1cccc(OC)c1)C(=O)OCC. The van der Waals surface area contributed by atoms with Crippen LogP contribution in [0.15, 0.2) is 24.3 Å². The molecular weight excluding hydrogens is 254 g/mol.